The molecule has 3 rings (SSSR count). The van der Waals surface area contributed by atoms with Crippen LogP contribution in [0.2, 0.25) is 5.02 Å². The maximum absolute atomic E-state index is 12.7. The maximum atomic E-state index is 12.7. The second kappa shape index (κ2) is 7.80. The first-order valence-electron chi connectivity index (χ1n) is 8.60. The summed E-state index contributed by atoms with van der Waals surface area (Å²) in [5.74, 6) is -0.422. The number of benzene rings is 2. The maximum Gasteiger partial charge on any atom is 0.342 e. The Bertz CT molecular complexity index is 868. The number of ether oxygens (including phenoxy) is 1. The number of carbonyl (C=O) groups is 2. The second-order valence-electron chi connectivity index (χ2n) is 6.36. The van der Waals surface area contributed by atoms with Crippen molar-refractivity contribution in [3.8, 4) is 0 Å². The predicted octanol–water partition coefficient (Wildman–Crippen LogP) is 4.16. The lowest BCUT2D eigenvalue weighted by atomic mass is 9.82. The number of nitrogens with one attached hydrogen (secondary N) is 1. The van der Waals surface area contributed by atoms with Crippen LogP contribution in [-0.2, 0) is 9.53 Å². The summed E-state index contributed by atoms with van der Waals surface area (Å²) in [6.07, 6.45) is 0. The average Bonchev–Trinajstić information content (AvgIpc) is 3.03. The number of rotatable bonds is 4. The van der Waals surface area contributed by atoms with Gasteiger partial charge in [-0.05, 0) is 43.7 Å². The third-order valence-electron chi connectivity index (χ3n) is 4.31. The molecule has 1 unspecified atom stereocenters. The van der Waals surface area contributed by atoms with Crippen LogP contribution in [0.15, 0.2) is 59.7 Å². The fraction of sp³-hybridized carbons (Fsp3) is 0.250. The van der Waals surface area contributed by atoms with E-state index in [1.807, 2.05) is 18.2 Å². The van der Waals surface area contributed by atoms with Gasteiger partial charge in [0.1, 0.15) is 5.41 Å². The summed E-state index contributed by atoms with van der Waals surface area (Å²) in [7, 11) is 0. The summed E-state index contributed by atoms with van der Waals surface area (Å²) in [4.78, 5) is 25.3. The van der Waals surface area contributed by atoms with E-state index < -0.39 is 17.4 Å². The van der Waals surface area contributed by atoms with Gasteiger partial charge in [0.15, 0.2) is 0 Å². The van der Waals surface area contributed by atoms with Gasteiger partial charge in [-0.15, -0.1) is 0 Å². The van der Waals surface area contributed by atoms with Crippen molar-refractivity contribution in [2.24, 2.45) is 10.5 Å². The highest BCUT2D eigenvalue weighted by Gasteiger charge is 2.48. The van der Waals surface area contributed by atoms with Gasteiger partial charge in [0.2, 0.25) is 0 Å². The molecule has 6 nitrogen and oxygen atoms in total. The smallest absolute Gasteiger partial charge is 0.342 e. The molecule has 2 aromatic rings. The molecule has 0 bridgehead atoms. The van der Waals surface area contributed by atoms with Gasteiger partial charge in [-0.1, -0.05) is 41.9 Å². The van der Waals surface area contributed by atoms with Crippen LogP contribution in [-0.4, -0.2) is 35.9 Å². The third kappa shape index (κ3) is 3.95. The van der Waals surface area contributed by atoms with Gasteiger partial charge in [-0.3, -0.25) is 4.79 Å². The zero-order valence-corrected chi connectivity index (χ0v) is 15.9. The Morgan fingerprint density at radius 2 is 1.85 bits per heavy atom. The first-order valence-corrected chi connectivity index (χ1v) is 8.97. The average molecular weight is 386 g/mol. The van der Waals surface area contributed by atoms with Gasteiger partial charge in [0.25, 0.3) is 0 Å². The van der Waals surface area contributed by atoms with Gasteiger partial charge in [-0.2, -0.15) is 5.10 Å². The van der Waals surface area contributed by atoms with E-state index in [1.54, 1.807) is 50.2 Å². The number of anilines is 1. The highest BCUT2D eigenvalue weighted by molar-refractivity contribution is 6.30. The molecule has 27 heavy (non-hydrogen) atoms. The van der Waals surface area contributed by atoms with Crippen molar-refractivity contribution in [1.82, 2.24) is 5.01 Å². The predicted molar refractivity (Wildman–Crippen MR) is 105 cm³/mol. The van der Waals surface area contributed by atoms with Crippen molar-refractivity contribution in [3.05, 3.63) is 65.2 Å². The van der Waals surface area contributed by atoms with E-state index in [0.717, 1.165) is 0 Å². The molecule has 0 saturated heterocycles. The molecule has 1 aliphatic rings. The van der Waals surface area contributed by atoms with Gasteiger partial charge in [0.05, 0.1) is 18.9 Å². The van der Waals surface area contributed by atoms with Crippen molar-refractivity contribution >= 4 is 35.0 Å². The number of para-hydroxylation sites is 1. The molecule has 0 saturated carbocycles. The summed E-state index contributed by atoms with van der Waals surface area (Å²) >= 11 is 5.97. The van der Waals surface area contributed by atoms with Crippen LogP contribution >= 0.6 is 11.6 Å². The number of urea groups is 1. The number of amides is 2. The molecule has 1 aliphatic heterocycles. The van der Waals surface area contributed by atoms with Crippen molar-refractivity contribution in [2.45, 2.75) is 13.8 Å². The molecule has 2 aromatic carbocycles. The van der Waals surface area contributed by atoms with E-state index >= 15 is 0 Å². The number of hydrogen-bond donors (Lipinski definition) is 1. The summed E-state index contributed by atoms with van der Waals surface area (Å²) in [6, 6.07) is 15.6. The Hall–Kier alpha value is -2.86. The van der Waals surface area contributed by atoms with Crippen LogP contribution in [0.3, 0.4) is 0 Å². The molecule has 0 radical (unpaired) electrons. The number of hydrogen-bond acceptors (Lipinski definition) is 4. The SMILES string of the molecule is CCOC(=O)C1(C)CN(C(=O)Nc2ccccc2)N=C1c1ccc(Cl)cc1. The number of hydrazone groups is 1. The Morgan fingerprint density at radius 3 is 2.48 bits per heavy atom. The van der Waals surface area contributed by atoms with E-state index in [9.17, 15) is 9.59 Å². The Morgan fingerprint density at radius 1 is 1.19 bits per heavy atom. The van der Waals surface area contributed by atoms with E-state index in [0.29, 0.717) is 22.0 Å². The standard InChI is InChI=1S/C20H20ClN3O3/c1-3-27-18(25)20(2)13-24(19(26)22-16-7-5-4-6-8-16)23-17(20)14-9-11-15(21)12-10-14/h4-12H,3,13H2,1-2H3,(H,22,26). The van der Waals surface area contributed by atoms with Gasteiger partial charge < -0.3 is 10.1 Å². The number of halogens is 1. The third-order valence-corrected chi connectivity index (χ3v) is 4.56. The first kappa shape index (κ1) is 18.9. The van der Waals surface area contributed by atoms with Crippen LogP contribution in [0.25, 0.3) is 0 Å². The molecule has 140 valence electrons. The largest absolute Gasteiger partial charge is 0.465 e. The molecule has 0 aliphatic carbocycles. The fourth-order valence-electron chi connectivity index (χ4n) is 2.90. The zero-order chi connectivity index (χ0) is 19.4. The van der Waals surface area contributed by atoms with E-state index in [4.69, 9.17) is 16.3 Å². The Balaban J connectivity index is 1.91. The van der Waals surface area contributed by atoms with Crippen molar-refractivity contribution in [2.75, 3.05) is 18.5 Å². The molecule has 7 heteroatoms. The van der Waals surface area contributed by atoms with E-state index in [2.05, 4.69) is 10.4 Å². The van der Waals surface area contributed by atoms with Gasteiger partial charge >= 0.3 is 12.0 Å². The fourth-order valence-corrected chi connectivity index (χ4v) is 3.03. The molecule has 1 heterocycles. The number of carbonyl (C=O) groups excluding carboxylic acids is 2. The summed E-state index contributed by atoms with van der Waals surface area (Å²) in [5, 5.41) is 9.05. The summed E-state index contributed by atoms with van der Waals surface area (Å²) < 4.78 is 5.25. The van der Waals surface area contributed by atoms with Crippen LogP contribution in [0.5, 0.6) is 0 Å². The topological polar surface area (TPSA) is 71.0 Å². The highest BCUT2D eigenvalue weighted by atomic mass is 35.5. The van der Waals surface area contributed by atoms with Crippen LogP contribution < -0.4 is 5.32 Å². The minimum absolute atomic E-state index is 0.0858. The Kier molecular flexibility index (Phi) is 5.46. The van der Waals surface area contributed by atoms with E-state index in [1.165, 1.54) is 5.01 Å². The van der Waals surface area contributed by atoms with Crippen molar-refractivity contribution in [1.29, 1.82) is 0 Å². The van der Waals surface area contributed by atoms with Crippen molar-refractivity contribution in [3.63, 3.8) is 0 Å². The minimum atomic E-state index is -1.07. The highest BCUT2D eigenvalue weighted by Crippen LogP contribution is 2.33. The molecule has 2 amide bonds. The Labute approximate surface area is 162 Å². The summed E-state index contributed by atoms with van der Waals surface area (Å²) in [5.41, 5.74) is 0.763. The molecule has 1 N–H and O–H groups in total. The molecule has 0 fully saturated rings. The zero-order valence-electron chi connectivity index (χ0n) is 15.1. The van der Waals surface area contributed by atoms with Crippen LogP contribution in [0, 0.1) is 5.41 Å². The lowest BCUT2D eigenvalue weighted by molar-refractivity contribution is -0.150. The normalized spacial score (nSPS) is 18.8. The van der Waals surface area contributed by atoms with Gasteiger partial charge in [-0.25, -0.2) is 9.80 Å². The minimum Gasteiger partial charge on any atom is -0.465 e. The number of esters is 1. The molecular weight excluding hydrogens is 366 g/mol. The van der Waals surface area contributed by atoms with E-state index in [-0.39, 0.29) is 13.2 Å². The summed E-state index contributed by atoms with van der Waals surface area (Å²) in [6.45, 7) is 3.81. The van der Waals surface area contributed by atoms with Crippen molar-refractivity contribution < 1.29 is 14.3 Å². The van der Waals surface area contributed by atoms with Crippen LogP contribution in [0.1, 0.15) is 19.4 Å². The monoisotopic (exact) mass is 385 g/mol. The molecule has 0 aromatic heterocycles. The lowest BCUT2D eigenvalue weighted by Crippen LogP contribution is -2.42. The number of nitrogens with zero attached hydrogens (tertiary/aromatic N) is 2. The van der Waals surface area contributed by atoms with Gasteiger partial charge in [0, 0.05) is 10.7 Å². The lowest BCUT2D eigenvalue weighted by Gasteiger charge is -2.24. The molecule has 0 spiro atoms. The second-order valence-corrected chi connectivity index (χ2v) is 6.80. The molecule has 1 atom stereocenters. The first-order chi connectivity index (χ1) is 12.9. The molecular formula is C20H20ClN3O3. The quantitative estimate of drug-likeness (QED) is 0.803. The van der Waals surface area contributed by atoms with Crippen LogP contribution in [0.4, 0.5) is 10.5 Å².